The molecule has 0 amide bonds. The minimum atomic E-state index is -1.27. The normalized spacial score (nSPS) is 15.0. The molecule has 2 rings (SSSR count). The van der Waals surface area contributed by atoms with Crippen molar-refractivity contribution in [1.29, 1.82) is 0 Å². The predicted molar refractivity (Wildman–Crippen MR) is 86.8 cm³/mol. The number of Topliss-reactive ketones (excluding diaryl/α,β-unsaturated/α-hetero) is 1. The predicted octanol–water partition coefficient (Wildman–Crippen LogP) is 4.31. The Morgan fingerprint density at radius 1 is 1.14 bits per heavy atom. The standard InChI is InChI=1S/C15H14O3S.C2H6/c1-11(16)12-5-8-15(9-6-12)19(18)14-4-2-3-13(17)7-10-14;1-2/h2-3,5-10,17H,4H2,1H3;1-2H3. The van der Waals surface area contributed by atoms with E-state index in [9.17, 15) is 14.1 Å². The third-order valence-corrected chi connectivity index (χ3v) is 4.24. The Morgan fingerprint density at radius 3 is 2.33 bits per heavy atom. The summed E-state index contributed by atoms with van der Waals surface area (Å²) in [6, 6.07) is 6.75. The third kappa shape index (κ3) is 4.83. The van der Waals surface area contributed by atoms with Gasteiger partial charge in [0, 0.05) is 15.4 Å². The lowest BCUT2D eigenvalue weighted by atomic mass is 10.2. The van der Waals surface area contributed by atoms with Crippen molar-refractivity contribution < 1.29 is 14.1 Å². The molecule has 0 bridgehead atoms. The topological polar surface area (TPSA) is 54.4 Å². The maximum absolute atomic E-state index is 12.4. The van der Waals surface area contributed by atoms with Gasteiger partial charge in [0.25, 0.3) is 0 Å². The molecule has 0 aliphatic heterocycles. The van der Waals surface area contributed by atoms with Gasteiger partial charge in [-0.05, 0) is 43.7 Å². The summed E-state index contributed by atoms with van der Waals surface area (Å²) in [5, 5.41) is 9.35. The van der Waals surface area contributed by atoms with Gasteiger partial charge < -0.3 is 5.11 Å². The Hall–Kier alpha value is -1.94. The van der Waals surface area contributed by atoms with Crippen LogP contribution < -0.4 is 0 Å². The van der Waals surface area contributed by atoms with E-state index in [2.05, 4.69) is 0 Å². The van der Waals surface area contributed by atoms with Gasteiger partial charge in [0.05, 0.1) is 10.8 Å². The Labute approximate surface area is 128 Å². The molecule has 1 aliphatic carbocycles. The van der Waals surface area contributed by atoms with Crippen LogP contribution in [0.25, 0.3) is 0 Å². The molecule has 0 saturated carbocycles. The van der Waals surface area contributed by atoms with E-state index in [4.69, 9.17) is 0 Å². The molecule has 0 aromatic heterocycles. The first-order valence-corrected chi connectivity index (χ1v) is 8.02. The zero-order valence-electron chi connectivity index (χ0n) is 12.5. The van der Waals surface area contributed by atoms with Crippen LogP contribution >= 0.6 is 0 Å². The number of carbonyl (C=O) groups excluding carboxylic acids is 1. The van der Waals surface area contributed by atoms with Crippen LogP contribution in [0.2, 0.25) is 0 Å². The van der Waals surface area contributed by atoms with Crippen molar-refractivity contribution in [3.63, 3.8) is 0 Å². The summed E-state index contributed by atoms with van der Waals surface area (Å²) in [6.07, 6.45) is 7.08. The summed E-state index contributed by atoms with van der Waals surface area (Å²) < 4.78 is 12.4. The Balaban J connectivity index is 0.00000106. The average molecular weight is 304 g/mol. The van der Waals surface area contributed by atoms with Crippen molar-refractivity contribution in [2.75, 3.05) is 0 Å². The molecule has 0 radical (unpaired) electrons. The van der Waals surface area contributed by atoms with Gasteiger partial charge in [-0.1, -0.05) is 32.1 Å². The van der Waals surface area contributed by atoms with Crippen molar-refractivity contribution in [3.05, 3.63) is 64.8 Å². The van der Waals surface area contributed by atoms with Crippen molar-refractivity contribution >= 4 is 16.6 Å². The molecule has 21 heavy (non-hydrogen) atoms. The van der Waals surface area contributed by atoms with Gasteiger partial charge in [-0.3, -0.25) is 4.79 Å². The van der Waals surface area contributed by atoms with Crippen LogP contribution in [-0.4, -0.2) is 15.1 Å². The van der Waals surface area contributed by atoms with Gasteiger partial charge in [0.1, 0.15) is 5.76 Å². The molecular formula is C17H20O3S. The number of carbonyl (C=O) groups is 1. The first-order valence-electron chi connectivity index (χ1n) is 6.87. The fraction of sp³-hybridized carbons (Fsp3) is 0.235. The summed E-state index contributed by atoms with van der Waals surface area (Å²) in [5.74, 6) is 0.140. The largest absolute Gasteiger partial charge is 0.508 e. The molecule has 0 saturated heterocycles. The van der Waals surface area contributed by atoms with Crippen LogP contribution in [0.1, 0.15) is 37.6 Å². The molecule has 1 aliphatic rings. The highest BCUT2D eigenvalue weighted by Gasteiger charge is 2.11. The molecule has 112 valence electrons. The van der Waals surface area contributed by atoms with E-state index in [-0.39, 0.29) is 11.5 Å². The number of aliphatic hydroxyl groups excluding tert-OH is 1. The van der Waals surface area contributed by atoms with Crippen LogP contribution in [0.15, 0.2) is 64.1 Å². The summed E-state index contributed by atoms with van der Waals surface area (Å²) in [4.78, 5) is 12.5. The first kappa shape index (κ1) is 17.1. The van der Waals surface area contributed by atoms with Gasteiger partial charge in [-0.2, -0.15) is 0 Å². The second kappa shape index (κ2) is 8.37. The number of aliphatic hydroxyl groups is 1. The van der Waals surface area contributed by atoms with E-state index in [1.165, 1.54) is 13.0 Å². The van der Waals surface area contributed by atoms with E-state index < -0.39 is 10.8 Å². The smallest absolute Gasteiger partial charge is 0.159 e. The van der Waals surface area contributed by atoms with Crippen molar-refractivity contribution in [3.8, 4) is 0 Å². The van der Waals surface area contributed by atoms with E-state index in [0.29, 0.717) is 16.9 Å². The number of hydrogen-bond acceptors (Lipinski definition) is 3. The Kier molecular flexibility index (Phi) is 6.82. The molecular weight excluding hydrogens is 284 g/mol. The van der Waals surface area contributed by atoms with Gasteiger partial charge in [0.15, 0.2) is 5.78 Å². The lowest BCUT2D eigenvalue weighted by Gasteiger charge is -2.05. The molecule has 0 fully saturated rings. The molecule has 1 N–H and O–H groups in total. The molecule has 1 aromatic rings. The fourth-order valence-electron chi connectivity index (χ4n) is 1.70. The van der Waals surface area contributed by atoms with Crippen LogP contribution in [0.3, 0.4) is 0 Å². The van der Waals surface area contributed by atoms with Gasteiger partial charge in [-0.25, -0.2) is 4.21 Å². The minimum Gasteiger partial charge on any atom is -0.508 e. The lowest BCUT2D eigenvalue weighted by molar-refractivity contribution is 0.101. The van der Waals surface area contributed by atoms with Gasteiger partial charge in [-0.15, -0.1) is 0 Å². The highest BCUT2D eigenvalue weighted by molar-refractivity contribution is 7.89. The third-order valence-electron chi connectivity index (χ3n) is 2.76. The molecule has 3 nitrogen and oxygen atoms in total. The molecule has 0 heterocycles. The van der Waals surface area contributed by atoms with Gasteiger partial charge in [0.2, 0.25) is 0 Å². The summed E-state index contributed by atoms with van der Waals surface area (Å²) in [7, 11) is -1.27. The fourth-order valence-corrected chi connectivity index (χ4v) is 2.83. The van der Waals surface area contributed by atoms with E-state index in [1.54, 1.807) is 42.5 Å². The minimum absolute atomic E-state index is 0.0122. The second-order valence-corrected chi connectivity index (χ2v) is 5.71. The van der Waals surface area contributed by atoms with E-state index in [0.717, 1.165) is 4.91 Å². The highest BCUT2D eigenvalue weighted by atomic mass is 32.2. The monoisotopic (exact) mass is 304 g/mol. The summed E-state index contributed by atoms with van der Waals surface area (Å²) in [5.41, 5.74) is 0.605. The van der Waals surface area contributed by atoms with Crippen molar-refractivity contribution in [2.24, 2.45) is 0 Å². The maximum atomic E-state index is 12.4. The number of benzene rings is 1. The second-order valence-electron chi connectivity index (χ2n) is 4.18. The lowest BCUT2D eigenvalue weighted by Crippen LogP contribution is -1.97. The summed E-state index contributed by atoms with van der Waals surface area (Å²) in [6.45, 7) is 5.50. The van der Waals surface area contributed by atoms with Crippen LogP contribution in [-0.2, 0) is 10.8 Å². The Morgan fingerprint density at radius 2 is 1.76 bits per heavy atom. The number of rotatable bonds is 3. The molecule has 1 aromatic carbocycles. The number of hydrogen-bond donors (Lipinski definition) is 1. The zero-order valence-corrected chi connectivity index (χ0v) is 13.3. The van der Waals surface area contributed by atoms with E-state index >= 15 is 0 Å². The van der Waals surface area contributed by atoms with Crippen molar-refractivity contribution in [2.45, 2.75) is 32.1 Å². The van der Waals surface area contributed by atoms with Crippen molar-refractivity contribution in [1.82, 2.24) is 0 Å². The molecule has 1 unspecified atom stereocenters. The van der Waals surface area contributed by atoms with Crippen LogP contribution in [0.5, 0.6) is 0 Å². The maximum Gasteiger partial charge on any atom is 0.159 e. The Bertz CT molecular complexity index is 607. The van der Waals surface area contributed by atoms with Crippen LogP contribution in [0, 0.1) is 0 Å². The molecule has 4 heteroatoms. The molecule has 0 spiro atoms. The summed E-state index contributed by atoms with van der Waals surface area (Å²) >= 11 is 0. The van der Waals surface area contributed by atoms with Crippen LogP contribution in [0.4, 0.5) is 0 Å². The highest BCUT2D eigenvalue weighted by Crippen LogP contribution is 2.20. The SMILES string of the molecule is CC.CC(=O)c1ccc(S(=O)C2=CC=C(O)C=CC2)cc1. The quantitative estimate of drug-likeness (QED) is 0.847. The molecule has 1 atom stereocenters. The first-order chi connectivity index (χ1) is 10.1. The average Bonchev–Trinajstić information content (AvgIpc) is 2.73. The van der Waals surface area contributed by atoms with Gasteiger partial charge >= 0.3 is 0 Å². The zero-order chi connectivity index (χ0) is 15.8. The number of ketones is 1. The van der Waals surface area contributed by atoms with E-state index in [1.807, 2.05) is 13.8 Å². The number of allylic oxidation sites excluding steroid dienone is 5.